The van der Waals surface area contributed by atoms with Crippen molar-refractivity contribution in [1.82, 2.24) is 0 Å². The van der Waals surface area contributed by atoms with Crippen molar-refractivity contribution in [3.05, 3.63) is 54.1 Å². The third-order valence-corrected chi connectivity index (χ3v) is 3.08. The van der Waals surface area contributed by atoms with E-state index in [0.717, 1.165) is 0 Å². The lowest BCUT2D eigenvalue weighted by Crippen LogP contribution is -2.30. The zero-order valence-electron chi connectivity index (χ0n) is 13.0. The van der Waals surface area contributed by atoms with Gasteiger partial charge in [0, 0.05) is 0 Å². The average Bonchev–Trinajstić information content (AvgIpc) is 2.57. The third kappa shape index (κ3) is 4.10. The molecule has 4 N–H and O–H groups in total. The number of ether oxygens (including phenoxy) is 1. The molecule has 0 heterocycles. The van der Waals surface area contributed by atoms with Crippen molar-refractivity contribution in [2.24, 2.45) is 5.73 Å². The summed E-state index contributed by atoms with van der Waals surface area (Å²) in [5, 5.41) is 4.84. The van der Waals surface area contributed by atoms with Crippen molar-refractivity contribution in [3.8, 4) is 5.75 Å². The Balaban J connectivity index is 2.11. The van der Waals surface area contributed by atoms with E-state index in [0.29, 0.717) is 18.0 Å². The van der Waals surface area contributed by atoms with E-state index in [2.05, 4.69) is 10.6 Å². The van der Waals surface area contributed by atoms with Crippen LogP contribution in [0.4, 0.5) is 11.4 Å². The van der Waals surface area contributed by atoms with Crippen LogP contribution in [0.15, 0.2) is 48.5 Å². The van der Waals surface area contributed by atoms with Gasteiger partial charge in [-0.25, -0.2) is 0 Å². The summed E-state index contributed by atoms with van der Waals surface area (Å²) in [6.07, 6.45) is 0. The normalized spacial score (nSPS) is 9.88. The molecule has 0 aliphatic rings. The zero-order chi connectivity index (χ0) is 17.5. The molecule has 2 aromatic carbocycles. The van der Waals surface area contributed by atoms with E-state index in [1.54, 1.807) is 36.4 Å². The monoisotopic (exact) mass is 327 g/mol. The maximum Gasteiger partial charge on any atom is 0.314 e. The summed E-state index contributed by atoms with van der Waals surface area (Å²) in [5.41, 5.74) is 5.90. The van der Waals surface area contributed by atoms with Gasteiger partial charge in [0.2, 0.25) is 0 Å². The molecule has 124 valence electrons. The Kier molecular flexibility index (Phi) is 5.51. The molecule has 2 aromatic rings. The Morgan fingerprint density at radius 2 is 1.46 bits per heavy atom. The number of rotatable bonds is 5. The first-order valence-electron chi connectivity index (χ1n) is 7.26. The highest BCUT2D eigenvalue weighted by Gasteiger charge is 2.18. The van der Waals surface area contributed by atoms with Crippen molar-refractivity contribution in [3.63, 3.8) is 0 Å². The second-order valence-corrected chi connectivity index (χ2v) is 4.75. The predicted molar refractivity (Wildman–Crippen MR) is 89.8 cm³/mol. The third-order valence-electron chi connectivity index (χ3n) is 3.08. The van der Waals surface area contributed by atoms with Gasteiger partial charge in [-0.1, -0.05) is 24.3 Å². The number of primary amides is 1. The number of nitrogens with one attached hydrogen (secondary N) is 2. The maximum atomic E-state index is 12.1. The van der Waals surface area contributed by atoms with Crippen molar-refractivity contribution in [2.45, 2.75) is 6.92 Å². The van der Waals surface area contributed by atoms with Gasteiger partial charge in [0.05, 0.1) is 23.5 Å². The second-order valence-electron chi connectivity index (χ2n) is 4.75. The number of hydrogen-bond acceptors (Lipinski definition) is 4. The van der Waals surface area contributed by atoms with Crippen LogP contribution in [0.5, 0.6) is 5.75 Å². The molecule has 0 atom stereocenters. The standard InChI is InChI=1S/C17H17N3O4/c1-2-24-14-10-6-5-9-13(14)20-17(23)16(22)19-12-8-4-3-7-11(12)15(18)21/h3-10H,2H2,1H3,(H2,18,21)(H,19,22)(H,20,23). The van der Waals surface area contributed by atoms with E-state index >= 15 is 0 Å². The molecule has 0 saturated carbocycles. The number of carbonyl (C=O) groups is 3. The van der Waals surface area contributed by atoms with E-state index in [9.17, 15) is 14.4 Å². The van der Waals surface area contributed by atoms with E-state index < -0.39 is 17.7 Å². The van der Waals surface area contributed by atoms with Gasteiger partial charge >= 0.3 is 11.8 Å². The summed E-state index contributed by atoms with van der Waals surface area (Å²) < 4.78 is 5.38. The van der Waals surface area contributed by atoms with Crippen LogP contribution >= 0.6 is 0 Å². The molecular weight excluding hydrogens is 310 g/mol. The van der Waals surface area contributed by atoms with Gasteiger partial charge < -0.3 is 21.1 Å². The van der Waals surface area contributed by atoms with E-state index in [1.165, 1.54) is 12.1 Å². The SMILES string of the molecule is CCOc1ccccc1NC(=O)C(=O)Nc1ccccc1C(N)=O. The van der Waals surface area contributed by atoms with Crippen molar-refractivity contribution in [2.75, 3.05) is 17.2 Å². The Morgan fingerprint density at radius 3 is 2.08 bits per heavy atom. The predicted octanol–water partition coefficient (Wildman–Crippen LogP) is 1.76. The van der Waals surface area contributed by atoms with Gasteiger partial charge in [0.25, 0.3) is 5.91 Å². The van der Waals surface area contributed by atoms with Crippen LogP contribution in [0.2, 0.25) is 0 Å². The average molecular weight is 327 g/mol. The van der Waals surface area contributed by atoms with Gasteiger partial charge in [0.15, 0.2) is 0 Å². The largest absolute Gasteiger partial charge is 0.492 e. The molecule has 0 spiro atoms. The number of anilines is 2. The van der Waals surface area contributed by atoms with E-state index in [1.807, 2.05) is 6.92 Å². The number of para-hydroxylation sites is 3. The molecule has 7 heteroatoms. The Labute approximate surface area is 138 Å². The molecule has 0 aliphatic heterocycles. The molecule has 0 saturated heterocycles. The fraction of sp³-hybridized carbons (Fsp3) is 0.118. The van der Waals surface area contributed by atoms with Crippen LogP contribution in [-0.2, 0) is 9.59 Å². The lowest BCUT2D eigenvalue weighted by Gasteiger charge is -2.12. The fourth-order valence-corrected chi connectivity index (χ4v) is 2.02. The molecule has 0 aliphatic carbocycles. The maximum absolute atomic E-state index is 12.1. The van der Waals surface area contributed by atoms with Crippen LogP contribution in [0.3, 0.4) is 0 Å². The molecule has 0 aromatic heterocycles. The summed E-state index contributed by atoms with van der Waals surface area (Å²) in [6.45, 7) is 2.23. The van der Waals surface area contributed by atoms with Gasteiger partial charge in [0.1, 0.15) is 5.75 Å². The van der Waals surface area contributed by atoms with Crippen molar-refractivity contribution in [1.29, 1.82) is 0 Å². The summed E-state index contributed by atoms with van der Waals surface area (Å²) >= 11 is 0. The highest BCUT2D eigenvalue weighted by atomic mass is 16.5. The smallest absolute Gasteiger partial charge is 0.314 e. The topological polar surface area (TPSA) is 111 Å². The second kappa shape index (κ2) is 7.77. The number of nitrogens with two attached hydrogens (primary N) is 1. The molecule has 0 bridgehead atoms. The summed E-state index contributed by atoms with van der Waals surface area (Å²) in [6, 6.07) is 12.9. The molecule has 7 nitrogen and oxygen atoms in total. The molecular formula is C17H17N3O4. The minimum Gasteiger partial charge on any atom is -0.492 e. The van der Waals surface area contributed by atoms with Crippen LogP contribution in [0.25, 0.3) is 0 Å². The van der Waals surface area contributed by atoms with Crippen LogP contribution in [0.1, 0.15) is 17.3 Å². The summed E-state index contributed by atoms with van der Waals surface area (Å²) in [4.78, 5) is 35.4. The molecule has 3 amide bonds. The minimum absolute atomic E-state index is 0.119. The first-order chi connectivity index (χ1) is 11.5. The van der Waals surface area contributed by atoms with Crippen molar-refractivity contribution < 1.29 is 19.1 Å². The first-order valence-corrected chi connectivity index (χ1v) is 7.26. The molecule has 2 rings (SSSR count). The number of carbonyl (C=O) groups excluding carboxylic acids is 3. The Bertz CT molecular complexity index is 774. The summed E-state index contributed by atoms with van der Waals surface area (Å²) in [5.74, 6) is -2.05. The fourth-order valence-electron chi connectivity index (χ4n) is 2.02. The number of hydrogen-bond donors (Lipinski definition) is 3. The van der Waals surface area contributed by atoms with Crippen LogP contribution in [-0.4, -0.2) is 24.3 Å². The van der Waals surface area contributed by atoms with Crippen molar-refractivity contribution >= 4 is 29.1 Å². The lowest BCUT2D eigenvalue weighted by atomic mass is 10.1. The zero-order valence-corrected chi connectivity index (χ0v) is 13.0. The van der Waals surface area contributed by atoms with Gasteiger partial charge in [-0.2, -0.15) is 0 Å². The van der Waals surface area contributed by atoms with Gasteiger partial charge in [-0.05, 0) is 31.2 Å². The van der Waals surface area contributed by atoms with Crippen LogP contribution in [0, 0.1) is 0 Å². The van der Waals surface area contributed by atoms with E-state index in [4.69, 9.17) is 10.5 Å². The van der Waals surface area contributed by atoms with E-state index in [-0.39, 0.29) is 11.3 Å². The van der Waals surface area contributed by atoms with Gasteiger partial charge in [-0.15, -0.1) is 0 Å². The molecule has 24 heavy (non-hydrogen) atoms. The first kappa shape index (κ1) is 17.0. The quantitative estimate of drug-likeness (QED) is 0.727. The number of benzene rings is 2. The minimum atomic E-state index is -0.921. The lowest BCUT2D eigenvalue weighted by molar-refractivity contribution is -0.133. The van der Waals surface area contributed by atoms with Gasteiger partial charge in [-0.3, -0.25) is 14.4 Å². The Morgan fingerprint density at radius 1 is 0.917 bits per heavy atom. The molecule has 0 radical (unpaired) electrons. The summed E-state index contributed by atoms with van der Waals surface area (Å²) in [7, 11) is 0. The highest BCUT2D eigenvalue weighted by molar-refractivity contribution is 6.44. The molecule has 0 unspecified atom stereocenters. The molecule has 0 fully saturated rings. The number of amides is 3. The Hall–Kier alpha value is -3.35. The van der Waals surface area contributed by atoms with Crippen LogP contribution < -0.4 is 21.1 Å². The highest BCUT2D eigenvalue weighted by Crippen LogP contribution is 2.23.